The third-order valence-electron chi connectivity index (χ3n) is 3.16. The van der Waals surface area contributed by atoms with Crippen LogP contribution in [0.5, 0.6) is 0 Å². The Bertz CT molecular complexity index is 701. The van der Waals surface area contributed by atoms with Gasteiger partial charge in [-0.05, 0) is 12.1 Å². The molecule has 2 rings (SSSR count). The van der Waals surface area contributed by atoms with Crippen molar-refractivity contribution in [2.75, 3.05) is 24.3 Å². The monoisotopic (exact) mass is 346 g/mol. The first kappa shape index (κ1) is 17.9. The molecule has 0 fully saturated rings. The lowest BCUT2D eigenvalue weighted by Gasteiger charge is -2.19. The molecule has 1 N–H and O–H groups in total. The lowest BCUT2D eigenvalue weighted by atomic mass is 10.2. The third kappa shape index (κ3) is 4.30. The third-order valence-corrected chi connectivity index (χ3v) is 3.16. The maximum absolute atomic E-state index is 12.8. The molecule has 0 aliphatic heterocycles. The summed E-state index contributed by atoms with van der Waals surface area (Å²) in [5.74, 6) is 0.148. The van der Waals surface area contributed by atoms with Gasteiger partial charge < -0.3 is 10.2 Å². The predicted molar refractivity (Wildman–Crippen MR) is 80.1 cm³/mol. The average Bonchev–Trinajstić information content (AvgIpc) is 2.52. The summed E-state index contributed by atoms with van der Waals surface area (Å²) in [6.07, 6.45) is -4.77. The number of halogens is 5. The molecule has 0 unspecified atom stereocenters. The number of anilines is 2. The number of alkyl halides is 5. The molecule has 0 amide bonds. The van der Waals surface area contributed by atoms with Gasteiger partial charge in [0, 0.05) is 44.2 Å². The minimum Gasteiger partial charge on any atom is -0.380 e. The van der Waals surface area contributed by atoms with Crippen molar-refractivity contribution in [1.29, 1.82) is 0 Å². The van der Waals surface area contributed by atoms with E-state index in [2.05, 4.69) is 15.3 Å². The van der Waals surface area contributed by atoms with E-state index in [4.69, 9.17) is 0 Å². The fraction of sp³-hybridized carbons (Fsp3) is 0.333. The van der Waals surface area contributed by atoms with Crippen LogP contribution < -0.4 is 10.2 Å². The molecule has 2 aromatic heterocycles. The number of rotatable bonds is 5. The summed E-state index contributed by atoms with van der Waals surface area (Å²) in [6.45, 7) is 0.118. The number of aromatic nitrogens is 2. The van der Waals surface area contributed by atoms with Crippen LogP contribution in [-0.2, 0) is 12.7 Å². The van der Waals surface area contributed by atoms with E-state index in [0.29, 0.717) is 11.3 Å². The Kier molecular flexibility index (Phi) is 5.20. The van der Waals surface area contributed by atoms with Gasteiger partial charge in [0.05, 0.1) is 5.69 Å². The van der Waals surface area contributed by atoms with Gasteiger partial charge in [-0.25, -0.2) is 13.8 Å². The number of hydrogen-bond acceptors (Lipinski definition) is 4. The molecule has 0 bridgehead atoms. The summed E-state index contributed by atoms with van der Waals surface area (Å²) >= 11 is 0. The smallest absolute Gasteiger partial charge is 0.380 e. The van der Waals surface area contributed by atoms with Gasteiger partial charge in [-0.3, -0.25) is 4.98 Å². The summed E-state index contributed by atoms with van der Waals surface area (Å²) in [7, 11) is 3.15. The van der Waals surface area contributed by atoms with Crippen LogP contribution in [0.1, 0.15) is 23.2 Å². The lowest BCUT2D eigenvalue weighted by Crippen LogP contribution is -2.18. The Balaban J connectivity index is 2.22. The van der Waals surface area contributed by atoms with Gasteiger partial charge in [0.2, 0.25) is 0 Å². The van der Waals surface area contributed by atoms with Gasteiger partial charge in [0.25, 0.3) is 6.43 Å². The Morgan fingerprint density at radius 2 is 1.88 bits per heavy atom. The van der Waals surface area contributed by atoms with Gasteiger partial charge >= 0.3 is 6.18 Å². The fourth-order valence-corrected chi connectivity index (χ4v) is 2.03. The second-order valence-corrected chi connectivity index (χ2v) is 5.23. The SMILES string of the molecule is CN(C)c1nc(C(F)(F)F)ccc1CNc1cncc(C(F)F)c1. The van der Waals surface area contributed by atoms with E-state index in [9.17, 15) is 22.0 Å². The molecule has 24 heavy (non-hydrogen) atoms. The van der Waals surface area contributed by atoms with Crippen LogP contribution in [0.4, 0.5) is 33.5 Å². The molecule has 0 saturated heterocycles. The normalized spacial score (nSPS) is 11.7. The van der Waals surface area contributed by atoms with Crippen LogP contribution >= 0.6 is 0 Å². The van der Waals surface area contributed by atoms with Crippen molar-refractivity contribution in [3.05, 3.63) is 47.4 Å². The second-order valence-electron chi connectivity index (χ2n) is 5.23. The molecular formula is C15H15F5N4. The van der Waals surface area contributed by atoms with Gasteiger partial charge in [-0.2, -0.15) is 13.2 Å². The number of hydrogen-bond donors (Lipinski definition) is 1. The van der Waals surface area contributed by atoms with Crippen molar-refractivity contribution in [2.24, 2.45) is 0 Å². The first-order valence-corrected chi connectivity index (χ1v) is 6.90. The molecule has 9 heteroatoms. The van der Waals surface area contributed by atoms with Gasteiger partial charge in [-0.1, -0.05) is 6.07 Å². The highest BCUT2D eigenvalue weighted by Crippen LogP contribution is 2.30. The van der Waals surface area contributed by atoms with Crippen LogP contribution in [0, 0.1) is 0 Å². The minimum atomic E-state index is -4.54. The van der Waals surface area contributed by atoms with E-state index in [1.807, 2.05) is 0 Å². The van der Waals surface area contributed by atoms with Gasteiger partial charge in [0.1, 0.15) is 11.5 Å². The molecule has 4 nitrogen and oxygen atoms in total. The molecular weight excluding hydrogens is 331 g/mol. The summed E-state index contributed by atoms with van der Waals surface area (Å²) < 4.78 is 63.6. The standard InChI is InChI=1S/C15H15F5N4/c1-24(2)14-9(3-4-12(23-14)15(18,19)20)7-22-11-5-10(13(16)17)6-21-8-11/h3-6,8,13,22H,7H2,1-2H3. The van der Waals surface area contributed by atoms with E-state index >= 15 is 0 Å². The zero-order valence-corrected chi connectivity index (χ0v) is 12.9. The largest absolute Gasteiger partial charge is 0.433 e. The molecule has 2 heterocycles. The second kappa shape index (κ2) is 6.98. The Morgan fingerprint density at radius 3 is 2.46 bits per heavy atom. The maximum Gasteiger partial charge on any atom is 0.433 e. The molecule has 0 aromatic carbocycles. The number of pyridine rings is 2. The van der Waals surface area contributed by atoms with Crippen LogP contribution in [0.3, 0.4) is 0 Å². The highest BCUT2D eigenvalue weighted by atomic mass is 19.4. The van der Waals surface area contributed by atoms with Crippen molar-refractivity contribution in [2.45, 2.75) is 19.1 Å². The van der Waals surface area contributed by atoms with Crippen molar-refractivity contribution in [3.8, 4) is 0 Å². The molecule has 0 spiro atoms. The molecule has 0 radical (unpaired) electrons. The highest BCUT2D eigenvalue weighted by Gasteiger charge is 2.33. The Morgan fingerprint density at radius 1 is 1.17 bits per heavy atom. The predicted octanol–water partition coefficient (Wildman–Crippen LogP) is 4.11. The van der Waals surface area contributed by atoms with Crippen LogP contribution in [-0.4, -0.2) is 24.1 Å². The van der Waals surface area contributed by atoms with Gasteiger partial charge in [-0.15, -0.1) is 0 Å². The van der Waals surface area contributed by atoms with Crippen molar-refractivity contribution >= 4 is 11.5 Å². The molecule has 0 atom stereocenters. The zero-order chi connectivity index (χ0) is 17.9. The van der Waals surface area contributed by atoms with Crippen molar-refractivity contribution in [1.82, 2.24) is 9.97 Å². The average molecular weight is 346 g/mol. The van der Waals surface area contributed by atoms with E-state index in [0.717, 1.165) is 12.3 Å². The lowest BCUT2D eigenvalue weighted by molar-refractivity contribution is -0.141. The van der Waals surface area contributed by atoms with E-state index in [1.165, 1.54) is 23.2 Å². The summed E-state index contributed by atoms with van der Waals surface area (Å²) in [5.41, 5.74) is -0.387. The van der Waals surface area contributed by atoms with E-state index in [1.54, 1.807) is 14.1 Å². The molecule has 0 aliphatic rings. The van der Waals surface area contributed by atoms with Crippen molar-refractivity contribution in [3.63, 3.8) is 0 Å². The summed E-state index contributed by atoms with van der Waals surface area (Å²) in [6, 6.07) is 3.44. The fourth-order valence-electron chi connectivity index (χ4n) is 2.03. The van der Waals surface area contributed by atoms with Crippen LogP contribution in [0.15, 0.2) is 30.6 Å². The minimum absolute atomic E-state index is 0.118. The molecule has 0 saturated carbocycles. The number of nitrogens with one attached hydrogen (secondary N) is 1. The highest BCUT2D eigenvalue weighted by molar-refractivity contribution is 5.50. The first-order valence-electron chi connectivity index (χ1n) is 6.90. The molecule has 2 aromatic rings. The Labute approximate surface area is 135 Å². The van der Waals surface area contributed by atoms with Crippen molar-refractivity contribution < 1.29 is 22.0 Å². The summed E-state index contributed by atoms with van der Waals surface area (Å²) in [5, 5.41) is 2.87. The van der Waals surface area contributed by atoms with E-state index in [-0.39, 0.29) is 17.9 Å². The zero-order valence-electron chi connectivity index (χ0n) is 12.9. The first-order chi connectivity index (χ1) is 11.2. The van der Waals surface area contributed by atoms with Crippen LogP contribution in [0.2, 0.25) is 0 Å². The number of nitrogens with zero attached hydrogens (tertiary/aromatic N) is 3. The topological polar surface area (TPSA) is 41.1 Å². The maximum atomic E-state index is 12.8. The van der Waals surface area contributed by atoms with E-state index < -0.39 is 18.3 Å². The summed E-state index contributed by atoms with van der Waals surface area (Å²) in [4.78, 5) is 8.79. The molecule has 0 aliphatic carbocycles. The molecule has 130 valence electrons. The van der Waals surface area contributed by atoms with Crippen LogP contribution in [0.25, 0.3) is 0 Å². The quantitative estimate of drug-likeness (QED) is 0.827. The van der Waals surface area contributed by atoms with Gasteiger partial charge in [0.15, 0.2) is 0 Å². The Hall–Kier alpha value is -2.45.